The predicted octanol–water partition coefficient (Wildman–Crippen LogP) is 4.12. The first-order valence-corrected chi connectivity index (χ1v) is 7.61. The Morgan fingerprint density at radius 2 is 1.84 bits per heavy atom. The van der Waals surface area contributed by atoms with Crippen LogP contribution in [0, 0.1) is 0 Å². The third-order valence-corrected chi connectivity index (χ3v) is 3.85. The molecule has 0 aliphatic carbocycles. The van der Waals surface area contributed by atoms with E-state index < -0.39 is 5.97 Å². The molecule has 2 N–H and O–H groups in total. The molecule has 25 heavy (non-hydrogen) atoms. The van der Waals surface area contributed by atoms with Gasteiger partial charge in [0.25, 0.3) is 0 Å². The first-order chi connectivity index (χ1) is 12.2. The van der Waals surface area contributed by atoms with Gasteiger partial charge in [-0.15, -0.1) is 0 Å². The van der Waals surface area contributed by atoms with Crippen molar-refractivity contribution in [2.24, 2.45) is 0 Å². The summed E-state index contributed by atoms with van der Waals surface area (Å²) in [5.41, 5.74) is 2.18. The third-order valence-electron chi connectivity index (χ3n) is 3.85. The molecule has 0 spiro atoms. The smallest absolute Gasteiger partial charge is 0.339 e. The van der Waals surface area contributed by atoms with Crippen LogP contribution >= 0.6 is 0 Å². The molecule has 0 bridgehead atoms. The summed E-state index contributed by atoms with van der Waals surface area (Å²) in [4.78, 5) is 15.9. The van der Waals surface area contributed by atoms with E-state index in [-0.39, 0.29) is 11.3 Å². The van der Waals surface area contributed by atoms with Crippen LogP contribution < -0.4 is 4.74 Å². The first kappa shape index (κ1) is 14.9. The summed E-state index contributed by atoms with van der Waals surface area (Å²) in [5.74, 6) is -0.199. The van der Waals surface area contributed by atoms with E-state index >= 15 is 0 Å². The monoisotopic (exact) mass is 331 g/mol. The number of aromatic amines is 1. The molecule has 0 atom stereocenters. The number of nitrogens with zero attached hydrogens (tertiary/aromatic N) is 2. The highest BCUT2D eigenvalue weighted by Crippen LogP contribution is 2.38. The summed E-state index contributed by atoms with van der Waals surface area (Å²) in [6.07, 6.45) is 3.31. The number of fused-ring (bicyclic) bond motifs is 1. The van der Waals surface area contributed by atoms with E-state index in [2.05, 4.69) is 15.2 Å². The van der Waals surface area contributed by atoms with Crippen molar-refractivity contribution in [3.05, 3.63) is 72.6 Å². The number of H-pyrrole nitrogens is 1. The molecule has 0 amide bonds. The van der Waals surface area contributed by atoms with Gasteiger partial charge in [-0.25, -0.2) is 9.78 Å². The Morgan fingerprint density at radius 1 is 1.00 bits per heavy atom. The SMILES string of the molecule is O=C(O)c1cccc(-c2ccnc3[nH]ncc23)c1Oc1ccccc1. The maximum atomic E-state index is 11.7. The van der Waals surface area contributed by atoms with Gasteiger partial charge in [-0.1, -0.05) is 30.3 Å². The van der Waals surface area contributed by atoms with Gasteiger partial charge >= 0.3 is 5.97 Å². The van der Waals surface area contributed by atoms with Crippen molar-refractivity contribution in [3.63, 3.8) is 0 Å². The largest absolute Gasteiger partial charge is 0.478 e. The number of aromatic nitrogens is 3. The van der Waals surface area contributed by atoms with Gasteiger partial charge in [0.05, 0.1) is 6.20 Å². The number of carboxylic acids is 1. The first-order valence-electron chi connectivity index (χ1n) is 7.61. The molecule has 2 aromatic heterocycles. The number of aromatic carboxylic acids is 1. The van der Waals surface area contributed by atoms with E-state index in [4.69, 9.17) is 4.74 Å². The average Bonchev–Trinajstić information content (AvgIpc) is 3.11. The minimum Gasteiger partial charge on any atom is -0.478 e. The van der Waals surface area contributed by atoms with Gasteiger partial charge in [-0.3, -0.25) is 5.10 Å². The van der Waals surface area contributed by atoms with Crippen LogP contribution in [0.15, 0.2) is 67.0 Å². The minimum absolute atomic E-state index is 0.0924. The number of nitrogens with one attached hydrogen (secondary N) is 1. The van der Waals surface area contributed by atoms with Gasteiger partial charge in [0.2, 0.25) is 0 Å². The number of carboxylic acid groups (broad SMARTS) is 1. The van der Waals surface area contributed by atoms with Crippen LogP contribution in [-0.2, 0) is 0 Å². The Morgan fingerprint density at radius 3 is 2.64 bits per heavy atom. The third kappa shape index (κ3) is 2.70. The number of carbonyl (C=O) groups is 1. The fourth-order valence-electron chi connectivity index (χ4n) is 2.72. The highest BCUT2D eigenvalue weighted by Gasteiger charge is 2.19. The lowest BCUT2D eigenvalue weighted by Crippen LogP contribution is -2.01. The number of pyridine rings is 1. The number of benzene rings is 2. The Kier molecular flexibility index (Phi) is 3.63. The molecular formula is C19H13N3O3. The van der Waals surface area contributed by atoms with Crippen molar-refractivity contribution in [2.75, 3.05) is 0 Å². The van der Waals surface area contributed by atoms with Crippen molar-refractivity contribution in [1.29, 1.82) is 0 Å². The highest BCUT2D eigenvalue weighted by molar-refractivity contribution is 5.99. The summed E-state index contributed by atoms with van der Waals surface area (Å²) < 4.78 is 5.95. The van der Waals surface area contributed by atoms with Gasteiger partial charge in [0.15, 0.2) is 5.65 Å². The lowest BCUT2D eigenvalue weighted by atomic mass is 10.00. The van der Waals surface area contributed by atoms with Crippen LogP contribution in [0.4, 0.5) is 0 Å². The van der Waals surface area contributed by atoms with E-state index in [0.717, 1.165) is 10.9 Å². The zero-order valence-electron chi connectivity index (χ0n) is 13.0. The highest BCUT2D eigenvalue weighted by atomic mass is 16.5. The molecule has 0 fully saturated rings. The average molecular weight is 331 g/mol. The molecule has 0 saturated carbocycles. The van der Waals surface area contributed by atoms with E-state index in [9.17, 15) is 9.90 Å². The van der Waals surface area contributed by atoms with Gasteiger partial charge in [-0.05, 0) is 29.8 Å². The van der Waals surface area contributed by atoms with Gasteiger partial charge in [0.1, 0.15) is 17.1 Å². The van der Waals surface area contributed by atoms with Crippen molar-refractivity contribution in [2.45, 2.75) is 0 Å². The fourth-order valence-corrected chi connectivity index (χ4v) is 2.72. The molecule has 2 aromatic carbocycles. The summed E-state index contributed by atoms with van der Waals surface area (Å²) >= 11 is 0. The van der Waals surface area contributed by atoms with E-state index in [1.807, 2.05) is 30.3 Å². The molecule has 0 aliphatic heterocycles. The normalized spacial score (nSPS) is 10.7. The topological polar surface area (TPSA) is 88.1 Å². The lowest BCUT2D eigenvalue weighted by Gasteiger charge is -2.14. The maximum Gasteiger partial charge on any atom is 0.339 e. The molecule has 4 aromatic rings. The van der Waals surface area contributed by atoms with Crippen molar-refractivity contribution in [1.82, 2.24) is 15.2 Å². The minimum atomic E-state index is -1.05. The van der Waals surface area contributed by atoms with Crippen LogP contribution in [0.2, 0.25) is 0 Å². The van der Waals surface area contributed by atoms with E-state index in [1.165, 1.54) is 6.07 Å². The molecule has 6 nitrogen and oxygen atoms in total. The van der Waals surface area contributed by atoms with Crippen molar-refractivity contribution in [3.8, 4) is 22.6 Å². The Bertz CT molecular complexity index is 1060. The molecule has 2 heterocycles. The van der Waals surface area contributed by atoms with Crippen LogP contribution in [0.1, 0.15) is 10.4 Å². The maximum absolute atomic E-state index is 11.7. The van der Waals surface area contributed by atoms with Crippen LogP contribution in [0.5, 0.6) is 11.5 Å². The fraction of sp³-hybridized carbons (Fsp3) is 0. The zero-order chi connectivity index (χ0) is 17.2. The number of hydrogen-bond donors (Lipinski definition) is 2. The molecule has 0 saturated heterocycles. The van der Waals surface area contributed by atoms with Crippen molar-refractivity contribution >= 4 is 17.0 Å². The quantitative estimate of drug-likeness (QED) is 0.587. The number of hydrogen-bond acceptors (Lipinski definition) is 4. The second-order valence-electron chi connectivity index (χ2n) is 5.39. The van der Waals surface area contributed by atoms with Gasteiger partial charge < -0.3 is 9.84 Å². The molecule has 0 aliphatic rings. The Balaban J connectivity index is 1.95. The lowest BCUT2D eigenvalue weighted by molar-refractivity contribution is 0.0694. The Hall–Kier alpha value is -3.67. The molecular weight excluding hydrogens is 318 g/mol. The summed E-state index contributed by atoms with van der Waals surface area (Å²) in [7, 11) is 0. The molecule has 122 valence electrons. The number of para-hydroxylation sites is 2. The van der Waals surface area contributed by atoms with Gasteiger partial charge in [0, 0.05) is 17.1 Å². The molecule has 4 rings (SSSR count). The molecule has 0 unspecified atom stereocenters. The van der Waals surface area contributed by atoms with Gasteiger partial charge in [-0.2, -0.15) is 5.10 Å². The van der Waals surface area contributed by atoms with Crippen LogP contribution in [0.25, 0.3) is 22.2 Å². The molecule has 0 radical (unpaired) electrons. The zero-order valence-corrected chi connectivity index (χ0v) is 13.0. The second kappa shape index (κ2) is 6.09. The van der Waals surface area contributed by atoms with Crippen LogP contribution in [0.3, 0.4) is 0 Å². The predicted molar refractivity (Wildman–Crippen MR) is 92.8 cm³/mol. The summed E-state index contributed by atoms with van der Waals surface area (Å²) in [6, 6.07) is 16.0. The number of ether oxygens (including phenoxy) is 1. The second-order valence-corrected chi connectivity index (χ2v) is 5.39. The van der Waals surface area contributed by atoms with E-state index in [0.29, 0.717) is 17.0 Å². The molecule has 6 heteroatoms. The van der Waals surface area contributed by atoms with Crippen LogP contribution in [-0.4, -0.2) is 26.3 Å². The van der Waals surface area contributed by atoms with E-state index in [1.54, 1.807) is 30.6 Å². The number of rotatable bonds is 4. The Labute approximate surface area is 142 Å². The summed E-state index contributed by atoms with van der Waals surface area (Å²) in [6.45, 7) is 0. The standard InChI is InChI=1S/C19H13N3O3/c23-19(24)15-8-4-7-14(17(15)25-12-5-2-1-3-6-12)13-9-10-20-18-16(13)11-21-22-18/h1-11H,(H,23,24)(H,20,21,22). The summed E-state index contributed by atoms with van der Waals surface area (Å²) in [5, 5.41) is 17.2. The van der Waals surface area contributed by atoms with Crippen molar-refractivity contribution < 1.29 is 14.6 Å².